The van der Waals surface area contributed by atoms with Crippen molar-refractivity contribution in [1.29, 1.82) is 0 Å². The van der Waals surface area contributed by atoms with Crippen LogP contribution in [0.15, 0.2) is 24.5 Å². The number of aliphatic hydroxyl groups is 1. The molecule has 2 aliphatic carbocycles. The van der Waals surface area contributed by atoms with Crippen LogP contribution in [0.3, 0.4) is 0 Å². The van der Waals surface area contributed by atoms with E-state index in [9.17, 15) is 27.5 Å². The van der Waals surface area contributed by atoms with Crippen molar-refractivity contribution in [2.45, 2.75) is 43.4 Å². The Labute approximate surface area is 175 Å². The third-order valence-corrected chi connectivity index (χ3v) is 6.60. The maximum atomic E-state index is 13.3. The number of anilines is 1. The summed E-state index contributed by atoms with van der Waals surface area (Å²) in [6, 6.07) is 3.82. The summed E-state index contributed by atoms with van der Waals surface area (Å²) in [4.78, 5) is 17.2. The number of fused-ring (bicyclic) bond motifs is 1. The highest BCUT2D eigenvalue weighted by atomic mass is 35.5. The van der Waals surface area contributed by atoms with E-state index in [1.807, 2.05) is 0 Å². The van der Waals surface area contributed by atoms with Crippen LogP contribution in [-0.4, -0.2) is 32.3 Å². The number of rotatable bonds is 3. The van der Waals surface area contributed by atoms with E-state index in [0.717, 1.165) is 6.07 Å². The van der Waals surface area contributed by atoms with Crippen LogP contribution in [-0.2, 0) is 7.05 Å². The number of hydrogen-bond donors (Lipinski definition) is 2. The van der Waals surface area contributed by atoms with Gasteiger partial charge in [0.05, 0.1) is 17.0 Å². The first-order chi connectivity index (χ1) is 14.0. The second kappa shape index (κ2) is 7.23. The lowest BCUT2D eigenvalue weighted by molar-refractivity contribution is -0.259. The zero-order valence-electron chi connectivity index (χ0n) is 16.0. The number of hydrogen-bond acceptors (Lipinski definition) is 3. The van der Waals surface area contributed by atoms with E-state index in [-0.39, 0.29) is 35.6 Å². The summed E-state index contributed by atoms with van der Waals surface area (Å²) < 4.78 is 54.4. The fraction of sp³-hybridized carbons (Fsp3) is 0.500. The Morgan fingerprint density at radius 1 is 1.30 bits per heavy atom. The van der Waals surface area contributed by atoms with Crippen molar-refractivity contribution >= 4 is 23.2 Å². The molecule has 1 heterocycles. The molecule has 10 heteroatoms. The fourth-order valence-corrected chi connectivity index (χ4v) is 5.09. The lowest BCUT2D eigenvalue weighted by Gasteiger charge is -2.27. The van der Waals surface area contributed by atoms with E-state index in [1.165, 1.54) is 18.5 Å². The van der Waals surface area contributed by atoms with Gasteiger partial charge in [0.2, 0.25) is 0 Å². The van der Waals surface area contributed by atoms with Gasteiger partial charge in [-0.1, -0.05) is 11.6 Å². The van der Waals surface area contributed by atoms with E-state index < -0.39 is 23.5 Å². The van der Waals surface area contributed by atoms with Crippen LogP contribution in [0.2, 0.25) is 5.02 Å². The second-order valence-electron chi connectivity index (χ2n) is 8.30. The predicted molar refractivity (Wildman–Crippen MR) is 102 cm³/mol. The van der Waals surface area contributed by atoms with E-state index in [4.69, 9.17) is 11.6 Å². The molecule has 0 bridgehead atoms. The summed E-state index contributed by atoms with van der Waals surface area (Å²) in [5, 5.41) is 12.5. The number of aromatic nitrogens is 2. The molecule has 5 nitrogen and oxygen atoms in total. The van der Waals surface area contributed by atoms with Crippen LogP contribution >= 0.6 is 11.6 Å². The molecule has 1 aromatic heterocycles. The normalized spacial score (nSPS) is 28.6. The van der Waals surface area contributed by atoms with Crippen molar-refractivity contribution in [2.75, 3.05) is 5.32 Å². The number of imidazole rings is 1. The molecule has 4 rings (SSSR count). The minimum atomic E-state index is -4.64. The lowest BCUT2D eigenvalue weighted by Crippen LogP contribution is -2.43. The molecule has 0 aliphatic heterocycles. The summed E-state index contributed by atoms with van der Waals surface area (Å²) >= 11 is 5.75. The molecular weight excluding hydrogens is 426 g/mol. The Morgan fingerprint density at radius 3 is 2.50 bits per heavy atom. The molecule has 0 radical (unpaired) electrons. The number of halogens is 5. The number of benzene rings is 1. The maximum Gasteiger partial charge on any atom is 0.417 e. The van der Waals surface area contributed by atoms with Crippen molar-refractivity contribution in [3.05, 3.63) is 46.8 Å². The number of carbonyl (C=O) groups is 1. The van der Waals surface area contributed by atoms with Crippen LogP contribution in [0.25, 0.3) is 0 Å². The summed E-state index contributed by atoms with van der Waals surface area (Å²) in [7, 11) is 1.65. The monoisotopic (exact) mass is 445 g/mol. The van der Waals surface area contributed by atoms with E-state index in [0.29, 0.717) is 29.9 Å². The molecular formula is C20H20ClF4N3O2. The van der Waals surface area contributed by atoms with Gasteiger partial charge >= 0.3 is 6.18 Å². The van der Waals surface area contributed by atoms with Gasteiger partial charge < -0.3 is 15.0 Å². The average molecular weight is 446 g/mol. The second-order valence-corrected chi connectivity index (χ2v) is 8.71. The first-order valence-corrected chi connectivity index (χ1v) is 9.93. The van der Waals surface area contributed by atoms with Gasteiger partial charge in [0, 0.05) is 18.7 Å². The summed E-state index contributed by atoms with van der Waals surface area (Å²) in [5.74, 6) is -1.77. The summed E-state index contributed by atoms with van der Waals surface area (Å²) in [6.07, 6.45) is -2.92. The Hall–Kier alpha value is -2.13. The zero-order valence-corrected chi connectivity index (χ0v) is 16.8. The van der Waals surface area contributed by atoms with Gasteiger partial charge in [-0.15, -0.1) is 0 Å². The predicted octanol–water partition coefficient (Wildman–Crippen LogP) is 4.66. The molecule has 2 saturated carbocycles. The van der Waals surface area contributed by atoms with Crippen molar-refractivity contribution in [3.8, 4) is 0 Å². The molecule has 162 valence electrons. The van der Waals surface area contributed by atoms with E-state index in [1.54, 1.807) is 11.6 Å². The van der Waals surface area contributed by atoms with Gasteiger partial charge in [-0.3, -0.25) is 4.79 Å². The third kappa shape index (κ3) is 3.58. The SMILES string of the molecule is Cn1cnc(C2CC3CC(O)(C(F)(F)F)CC3C2)c1C(=O)Nc1ccc(F)c(Cl)c1. The van der Waals surface area contributed by atoms with Crippen LogP contribution in [0, 0.1) is 17.7 Å². The number of amides is 1. The highest BCUT2D eigenvalue weighted by Gasteiger charge is 2.61. The van der Waals surface area contributed by atoms with Gasteiger partial charge in [-0.25, -0.2) is 9.37 Å². The van der Waals surface area contributed by atoms with Crippen molar-refractivity contribution < 1.29 is 27.5 Å². The molecule has 0 saturated heterocycles. The average Bonchev–Trinajstić information content (AvgIpc) is 3.28. The lowest BCUT2D eigenvalue weighted by atomic mass is 9.92. The Morgan fingerprint density at radius 2 is 1.93 bits per heavy atom. The standard InChI is InChI=1S/C20H20ClF4N3O2/c1-28-9-26-16(17(28)18(29)27-13-2-3-15(22)14(21)6-13)10-4-11-7-19(30,20(23,24)25)8-12(11)5-10/h2-3,6,9-12,30H,4-5,7-8H2,1H3,(H,27,29). The number of nitrogens with zero attached hydrogens (tertiary/aromatic N) is 2. The summed E-state index contributed by atoms with van der Waals surface area (Å²) in [6.45, 7) is 0. The molecule has 30 heavy (non-hydrogen) atoms. The molecule has 2 N–H and O–H groups in total. The quantitative estimate of drug-likeness (QED) is 0.675. The van der Waals surface area contributed by atoms with E-state index in [2.05, 4.69) is 10.3 Å². The largest absolute Gasteiger partial charge is 0.417 e. The van der Waals surface area contributed by atoms with Crippen LogP contribution in [0.4, 0.5) is 23.2 Å². The summed E-state index contributed by atoms with van der Waals surface area (Å²) in [5.41, 5.74) is -1.49. The number of nitrogens with one attached hydrogen (secondary N) is 1. The van der Waals surface area contributed by atoms with Gasteiger partial charge in [0.15, 0.2) is 5.60 Å². The molecule has 2 unspecified atom stereocenters. The Balaban J connectivity index is 1.51. The first-order valence-electron chi connectivity index (χ1n) is 9.55. The van der Waals surface area contributed by atoms with E-state index >= 15 is 0 Å². The van der Waals surface area contributed by atoms with Crippen molar-refractivity contribution in [3.63, 3.8) is 0 Å². The third-order valence-electron chi connectivity index (χ3n) is 6.31. The minimum Gasteiger partial charge on any atom is -0.380 e. The van der Waals surface area contributed by atoms with Gasteiger partial charge in [0.25, 0.3) is 5.91 Å². The molecule has 2 aromatic rings. The van der Waals surface area contributed by atoms with Crippen LogP contribution < -0.4 is 5.32 Å². The zero-order chi connectivity index (χ0) is 21.8. The Kier molecular flexibility index (Phi) is 5.09. The molecule has 2 atom stereocenters. The Bertz CT molecular complexity index is 977. The molecule has 2 aliphatic rings. The topological polar surface area (TPSA) is 67.1 Å². The fourth-order valence-electron chi connectivity index (χ4n) is 4.91. The van der Waals surface area contributed by atoms with Gasteiger partial charge in [-0.2, -0.15) is 13.2 Å². The van der Waals surface area contributed by atoms with Gasteiger partial charge in [0.1, 0.15) is 11.5 Å². The number of aryl methyl sites for hydroxylation is 1. The van der Waals surface area contributed by atoms with Crippen molar-refractivity contribution in [2.24, 2.45) is 18.9 Å². The van der Waals surface area contributed by atoms with Crippen LogP contribution in [0.1, 0.15) is 47.8 Å². The van der Waals surface area contributed by atoms with Crippen LogP contribution in [0.5, 0.6) is 0 Å². The smallest absolute Gasteiger partial charge is 0.380 e. The maximum absolute atomic E-state index is 13.3. The highest BCUT2D eigenvalue weighted by molar-refractivity contribution is 6.31. The molecule has 0 spiro atoms. The minimum absolute atomic E-state index is 0.126. The van der Waals surface area contributed by atoms with Crippen molar-refractivity contribution in [1.82, 2.24) is 9.55 Å². The molecule has 1 amide bonds. The molecule has 2 fully saturated rings. The van der Waals surface area contributed by atoms with Gasteiger partial charge in [-0.05, 0) is 55.7 Å². The first kappa shape index (κ1) is 21.1. The molecule has 1 aromatic carbocycles. The highest BCUT2D eigenvalue weighted by Crippen LogP contribution is 2.57. The number of carbonyl (C=O) groups excluding carboxylic acids is 1. The number of alkyl halides is 3.